The second kappa shape index (κ2) is 37.1. The van der Waals surface area contributed by atoms with Crippen molar-refractivity contribution in [3.8, 4) is 0 Å². The Kier molecular flexibility index (Phi) is 28.7. The second-order valence-corrected chi connectivity index (χ2v) is 30.1. The normalized spacial score (nSPS) is 34.5. The summed E-state index contributed by atoms with van der Waals surface area (Å²) in [6, 6.07) is 45.9. The quantitative estimate of drug-likeness (QED) is 0.0281. The van der Waals surface area contributed by atoms with Crippen molar-refractivity contribution in [3.05, 3.63) is 179 Å². The van der Waals surface area contributed by atoms with Gasteiger partial charge in [-0.3, -0.25) is 0 Å². The van der Waals surface area contributed by atoms with Crippen LogP contribution in [0.25, 0.3) is 0 Å². The van der Waals surface area contributed by atoms with Crippen molar-refractivity contribution in [1.82, 2.24) is 5.32 Å². The first-order chi connectivity index (χ1) is 48.6. The smallest absolute Gasteiger partial charge is 0.407 e. The summed E-state index contributed by atoms with van der Waals surface area (Å²) in [5.74, 6) is -4.03. The van der Waals surface area contributed by atoms with Gasteiger partial charge in [0.1, 0.15) is 18.8 Å². The molecule has 0 radical (unpaired) electrons. The van der Waals surface area contributed by atoms with Gasteiger partial charge in [0, 0.05) is 23.7 Å². The second-order valence-electron chi connectivity index (χ2n) is 27.6. The zero-order chi connectivity index (χ0) is 71.9. The van der Waals surface area contributed by atoms with Gasteiger partial charge in [0.25, 0.3) is 0 Å². The lowest BCUT2D eigenvalue weighted by Gasteiger charge is -2.51. The molecule has 5 aliphatic heterocycles. The summed E-state index contributed by atoms with van der Waals surface area (Å²) >= 11 is 18.1. The molecular weight excluding hydrogens is 1360 g/mol. The summed E-state index contributed by atoms with van der Waals surface area (Å²) in [5, 5.41) is 2.86. The number of amides is 1. The van der Waals surface area contributed by atoms with Gasteiger partial charge in [-0.25, -0.2) is 18.8 Å². The average Bonchev–Trinajstić information content (AvgIpc) is 0.778. The molecule has 5 heterocycles. The van der Waals surface area contributed by atoms with Gasteiger partial charge < -0.3 is 76.4 Å². The van der Waals surface area contributed by atoms with Crippen molar-refractivity contribution in [2.24, 2.45) is 47.3 Å². The Morgan fingerprint density at radius 2 is 0.822 bits per heavy atom. The number of ether oxygens (including phenoxy) is 15. The molecule has 101 heavy (non-hydrogen) atoms. The molecule has 5 aliphatic rings. The monoisotopic (exact) mass is 1460 g/mol. The van der Waals surface area contributed by atoms with Crippen LogP contribution in [0, 0.1) is 47.3 Å². The van der Waals surface area contributed by atoms with E-state index in [1.165, 1.54) is 0 Å². The van der Waals surface area contributed by atoms with Gasteiger partial charge in [0.05, 0.1) is 99.5 Å². The third-order valence-corrected chi connectivity index (χ3v) is 21.2. The van der Waals surface area contributed by atoms with Crippen LogP contribution in [0.15, 0.2) is 152 Å². The number of hydrogen-bond acceptors (Lipinski definition) is 18. The fourth-order valence-corrected chi connectivity index (χ4v) is 14.3. The Hall–Kier alpha value is -5.37. The highest BCUT2D eigenvalue weighted by Crippen LogP contribution is 2.44. The van der Waals surface area contributed by atoms with Crippen molar-refractivity contribution >= 4 is 52.8 Å². The number of carbonyl (C=O) groups is 3. The first-order valence-electron chi connectivity index (χ1n) is 35.5. The molecule has 10 rings (SSSR count). The minimum Gasteiger partial charge on any atom is -0.453 e. The lowest BCUT2D eigenvalue weighted by atomic mass is 9.82. The number of nitrogens with one attached hydrogen (secondary N) is 1. The Bertz CT molecular complexity index is 3320. The number of esters is 2. The molecule has 0 saturated carbocycles. The van der Waals surface area contributed by atoms with Crippen LogP contribution in [0.4, 0.5) is 9.18 Å². The van der Waals surface area contributed by atoms with Gasteiger partial charge in [-0.1, -0.05) is 231 Å². The van der Waals surface area contributed by atoms with Crippen LogP contribution >= 0.6 is 34.8 Å². The van der Waals surface area contributed by atoms with Crippen LogP contribution < -0.4 is 5.32 Å². The zero-order valence-electron chi connectivity index (χ0n) is 59.1. The van der Waals surface area contributed by atoms with E-state index < -0.39 is 151 Å². The molecule has 1 amide bonds. The first-order valence-corrected chi connectivity index (χ1v) is 36.6. The predicted octanol–water partition coefficient (Wildman–Crippen LogP) is 14.6. The number of alkyl halides is 4. The molecule has 552 valence electrons. The maximum absolute atomic E-state index is 17.2. The highest BCUT2D eigenvalue weighted by atomic mass is 35.6. The summed E-state index contributed by atoms with van der Waals surface area (Å²) < 4.78 is 114. The molecule has 25 atom stereocenters. The number of alkyl carbamates (subject to hydrolysis) is 1. The summed E-state index contributed by atoms with van der Waals surface area (Å²) in [6.07, 6.45) is -14.6. The van der Waals surface area contributed by atoms with Crippen LogP contribution in [0.1, 0.15) is 119 Å². The fraction of sp³-hybridized carbons (Fsp3) is 0.577. The minimum atomic E-state index is -2.00. The van der Waals surface area contributed by atoms with Gasteiger partial charge in [-0.15, -0.1) is 0 Å². The zero-order valence-corrected chi connectivity index (χ0v) is 61.4. The number of rotatable bonds is 28. The summed E-state index contributed by atoms with van der Waals surface area (Å²) in [6.45, 7) is 20.3. The van der Waals surface area contributed by atoms with E-state index in [9.17, 15) is 14.4 Å². The van der Waals surface area contributed by atoms with Crippen molar-refractivity contribution in [3.63, 3.8) is 0 Å². The van der Waals surface area contributed by atoms with Gasteiger partial charge in [0.15, 0.2) is 37.4 Å². The van der Waals surface area contributed by atoms with Crippen LogP contribution in [-0.2, 0) is 90.9 Å². The van der Waals surface area contributed by atoms with E-state index in [2.05, 4.69) is 12.2 Å². The molecule has 23 heteroatoms. The van der Waals surface area contributed by atoms with E-state index in [1.54, 1.807) is 48.5 Å². The molecule has 5 saturated heterocycles. The molecule has 0 bridgehead atoms. The Labute approximate surface area is 608 Å². The third kappa shape index (κ3) is 20.6. The Morgan fingerprint density at radius 1 is 0.416 bits per heavy atom. The van der Waals surface area contributed by atoms with Crippen molar-refractivity contribution in [2.45, 2.75) is 210 Å². The largest absolute Gasteiger partial charge is 0.453 e. The molecule has 5 aromatic rings. The van der Waals surface area contributed by atoms with E-state index >= 15 is 4.39 Å². The third-order valence-electron chi connectivity index (χ3n) is 20.8. The number of hydrogen-bond donors (Lipinski definition) is 1. The van der Waals surface area contributed by atoms with Crippen LogP contribution in [0.2, 0.25) is 0 Å². The molecule has 0 spiro atoms. The topological polar surface area (TPSA) is 202 Å². The minimum absolute atomic E-state index is 0.0342. The average molecular weight is 1460 g/mol. The van der Waals surface area contributed by atoms with Crippen LogP contribution in [-0.4, -0.2) is 153 Å². The molecule has 5 aromatic carbocycles. The SMILES string of the molecule is CCC1O[C@@H](OCC2O[C@H](F)C(O[C@@H]3OC(CC)[C@@H](O[C@@H]4OC(COCc5ccccc5)[C@H](C)[C@H](C)C4OC(=O)c4ccccc4)[C@H](C)C3NC(=O)OCC(Cl)(Cl)Cl)[C@@H](C)[C@@H]2C)C(C)[C@@H](C)[C@@H]1O[C@@H]1OC(COCc2ccccc2)[C@H](OCc2ccccc2)[C@H](C)C1OC(=O)c1ccccc1. The van der Waals surface area contributed by atoms with Crippen molar-refractivity contribution in [1.29, 1.82) is 0 Å². The number of carbonyl (C=O) groups excluding carboxylic acids is 3. The molecule has 1 N–H and O–H groups in total. The maximum atomic E-state index is 17.2. The van der Waals surface area contributed by atoms with E-state index in [4.69, 9.17) is 106 Å². The Morgan fingerprint density at radius 3 is 1.33 bits per heavy atom. The summed E-state index contributed by atoms with van der Waals surface area (Å²) in [7, 11) is 0. The van der Waals surface area contributed by atoms with E-state index in [-0.39, 0.29) is 56.0 Å². The molecule has 19 nitrogen and oxygen atoms in total. The van der Waals surface area contributed by atoms with Gasteiger partial charge in [0.2, 0.25) is 10.2 Å². The van der Waals surface area contributed by atoms with E-state index in [1.807, 2.05) is 165 Å². The van der Waals surface area contributed by atoms with Gasteiger partial charge in [-0.05, 0) is 77.5 Å². The van der Waals surface area contributed by atoms with Crippen molar-refractivity contribution in [2.75, 3.05) is 26.4 Å². The highest BCUT2D eigenvalue weighted by Gasteiger charge is 2.55. The van der Waals surface area contributed by atoms with Gasteiger partial charge in [-0.2, -0.15) is 0 Å². The van der Waals surface area contributed by atoms with E-state index in [0.29, 0.717) is 37.2 Å². The maximum Gasteiger partial charge on any atom is 0.407 e. The molecule has 10 unspecified atom stereocenters. The first kappa shape index (κ1) is 78.2. The van der Waals surface area contributed by atoms with Crippen LogP contribution in [0.5, 0.6) is 0 Å². The molecular formula is C78H99Cl3FNO18. The molecule has 0 aliphatic carbocycles. The highest BCUT2D eigenvalue weighted by molar-refractivity contribution is 6.67. The van der Waals surface area contributed by atoms with Crippen molar-refractivity contribution < 1.29 is 89.8 Å². The fourth-order valence-electron chi connectivity index (χ4n) is 14.1. The lowest BCUT2D eigenvalue weighted by Crippen LogP contribution is -2.64. The van der Waals surface area contributed by atoms with Gasteiger partial charge >= 0.3 is 18.0 Å². The Balaban J connectivity index is 0.818. The molecule has 0 aromatic heterocycles. The standard InChI is InChI=1S/C78H99Cl3FNO18/c1-11-58-65(99-76-69(98-72(85)57-36-26-17-27-37-57)52(10)64(89-40-55-32-22-15-23-33-55)62(96-76)42-88-39-54-30-20-14-21-31-54)49(7)50(8)73(93-58)90-43-61-45(3)47(5)67(70(82)92-61)101-74-63(83-77(86)91-44-78(79,80)81)51(9)66(59(12-2)94-74)100-75-68(97-71(84)56-34-24-16-25-35-56)48(6)46(4)60(95-75)41-87-38-53-28-18-13-19-29-53/h13-37,45-52,58-70,73-76H,11-12,38-44H2,1-10H3,(H,83,86)/t45-,46+,47-,48-,49+,50?,51+,52-,58?,59?,60?,61?,62?,63?,64+,65-,66-,67?,68?,69?,70-,73+,74-,75-,76-/m0/s1. The molecule has 5 fully saturated rings. The number of benzene rings is 5. The predicted molar refractivity (Wildman–Crippen MR) is 376 cm³/mol. The van der Waals surface area contributed by atoms with E-state index in [0.717, 1.165) is 16.7 Å². The summed E-state index contributed by atoms with van der Waals surface area (Å²) in [4.78, 5) is 41.7. The number of halogens is 4. The lowest BCUT2D eigenvalue weighted by molar-refractivity contribution is -0.351. The van der Waals surface area contributed by atoms with Crippen LogP contribution in [0.3, 0.4) is 0 Å². The summed E-state index contributed by atoms with van der Waals surface area (Å²) in [5.41, 5.74) is 3.69.